The zero-order valence-corrected chi connectivity index (χ0v) is 17.2. The molecule has 0 fully saturated rings. The van der Waals surface area contributed by atoms with Crippen molar-refractivity contribution in [2.24, 2.45) is 0 Å². The number of anilines is 1. The van der Waals surface area contributed by atoms with Crippen molar-refractivity contribution in [2.45, 2.75) is 13.5 Å². The molecule has 3 rings (SSSR count). The Morgan fingerprint density at radius 3 is 2.55 bits per heavy atom. The van der Waals surface area contributed by atoms with Crippen LogP contribution in [0, 0.1) is 0 Å². The average molecular weight is 418 g/mol. The first-order chi connectivity index (χ1) is 15.0. The standard InChI is InChI=1S/C24H22N2O5/c1-17(27)31-23-15-18(7-9-22(23)29-2)8-10-24(28)26-21-6-4-3-5-19(21)16-30-20-11-13-25-14-12-20/h3-15H,16H2,1-2H3,(H,26,28). The molecule has 1 aromatic heterocycles. The second-order valence-electron chi connectivity index (χ2n) is 6.46. The van der Waals surface area contributed by atoms with Gasteiger partial charge in [0.2, 0.25) is 5.91 Å². The van der Waals surface area contributed by atoms with Crippen LogP contribution in [0.15, 0.2) is 73.1 Å². The van der Waals surface area contributed by atoms with Crippen molar-refractivity contribution in [1.29, 1.82) is 0 Å². The highest BCUT2D eigenvalue weighted by atomic mass is 16.6. The highest BCUT2D eigenvalue weighted by Crippen LogP contribution is 2.28. The van der Waals surface area contributed by atoms with Crippen LogP contribution in [0.5, 0.6) is 17.2 Å². The number of esters is 1. The maximum absolute atomic E-state index is 12.4. The van der Waals surface area contributed by atoms with Crippen molar-refractivity contribution in [1.82, 2.24) is 4.98 Å². The lowest BCUT2D eigenvalue weighted by atomic mass is 10.1. The van der Waals surface area contributed by atoms with Crippen molar-refractivity contribution in [3.05, 3.63) is 84.2 Å². The second-order valence-corrected chi connectivity index (χ2v) is 6.46. The summed E-state index contributed by atoms with van der Waals surface area (Å²) in [7, 11) is 1.49. The van der Waals surface area contributed by atoms with E-state index < -0.39 is 5.97 Å². The lowest BCUT2D eigenvalue weighted by molar-refractivity contribution is -0.132. The van der Waals surface area contributed by atoms with Crippen molar-refractivity contribution in [2.75, 3.05) is 12.4 Å². The number of ether oxygens (including phenoxy) is 3. The van der Waals surface area contributed by atoms with Gasteiger partial charge in [-0.05, 0) is 42.0 Å². The van der Waals surface area contributed by atoms with Gasteiger partial charge in [0.15, 0.2) is 11.5 Å². The van der Waals surface area contributed by atoms with E-state index >= 15 is 0 Å². The monoisotopic (exact) mass is 418 g/mol. The van der Waals surface area contributed by atoms with Crippen LogP contribution >= 0.6 is 0 Å². The van der Waals surface area contributed by atoms with Gasteiger partial charge in [-0.15, -0.1) is 0 Å². The molecule has 0 aliphatic carbocycles. The third-order valence-corrected chi connectivity index (χ3v) is 4.19. The molecule has 2 aromatic carbocycles. The summed E-state index contributed by atoms with van der Waals surface area (Å²) in [5.41, 5.74) is 2.17. The number of hydrogen-bond donors (Lipinski definition) is 1. The number of carbonyl (C=O) groups excluding carboxylic acids is 2. The first kappa shape index (κ1) is 21.6. The molecule has 7 heteroatoms. The van der Waals surface area contributed by atoms with Crippen LogP contribution < -0.4 is 19.5 Å². The number of pyridine rings is 1. The van der Waals surface area contributed by atoms with Gasteiger partial charge in [0.25, 0.3) is 0 Å². The van der Waals surface area contributed by atoms with Gasteiger partial charge in [-0.1, -0.05) is 24.3 Å². The number of para-hydroxylation sites is 1. The third kappa shape index (κ3) is 6.43. The maximum Gasteiger partial charge on any atom is 0.308 e. The minimum atomic E-state index is -0.456. The van der Waals surface area contributed by atoms with Gasteiger partial charge < -0.3 is 19.5 Å². The molecule has 0 bridgehead atoms. The number of carbonyl (C=O) groups is 2. The predicted octanol–water partition coefficient (Wildman–Crippen LogP) is 4.25. The van der Waals surface area contributed by atoms with E-state index in [4.69, 9.17) is 14.2 Å². The molecule has 1 heterocycles. The molecule has 0 aliphatic heterocycles. The first-order valence-corrected chi connectivity index (χ1v) is 9.51. The first-order valence-electron chi connectivity index (χ1n) is 9.51. The minimum Gasteiger partial charge on any atom is -0.493 e. The van der Waals surface area contributed by atoms with Crippen LogP contribution in [0.1, 0.15) is 18.1 Å². The SMILES string of the molecule is COc1ccc(C=CC(=O)Nc2ccccc2COc2ccncc2)cc1OC(C)=O. The van der Waals surface area contributed by atoms with Gasteiger partial charge in [-0.2, -0.15) is 0 Å². The number of nitrogens with zero attached hydrogens (tertiary/aromatic N) is 1. The second kappa shape index (κ2) is 10.6. The molecular weight excluding hydrogens is 396 g/mol. The Kier molecular flexibility index (Phi) is 7.37. The molecule has 0 radical (unpaired) electrons. The van der Waals surface area contributed by atoms with Gasteiger partial charge in [0, 0.05) is 36.6 Å². The highest BCUT2D eigenvalue weighted by molar-refractivity contribution is 6.02. The van der Waals surface area contributed by atoms with E-state index in [0.29, 0.717) is 29.4 Å². The summed E-state index contributed by atoms with van der Waals surface area (Å²) in [6.07, 6.45) is 6.33. The van der Waals surface area contributed by atoms with Gasteiger partial charge in [0.05, 0.1) is 7.11 Å². The molecular formula is C24H22N2O5. The Morgan fingerprint density at radius 2 is 1.81 bits per heavy atom. The van der Waals surface area contributed by atoms with Gasteiger partial charge in [-0.3, -0.25) is 14.6 Å². The molecule has 0 unspecified atom stereocenters. The number of hydrogen-bond acceptors (Lipinski definition) is 6. The van der Waals surface area contributed by atoms with Crippen LogP contribution in [0.25, 0.3) is 6.08 Å². The van der Waals surface area contributed by atoms with E-state index in [1.807, 2.05) is 24.3 Å². The Hall–Kier alpha value is -4.13. The fourth-order valence-electron chi connectivity index (χ4n) is 2.74. The summed E-state index contributed by atoms with van der Waals surface area (Å²) in [6.45, 7) is 1.61. The minimum absolute atomic E-state index is 0.288. The number of benzene rings is 2. The zero-order valence-electron chi connectivity index (χ0n) is 17.2. The van der Waals surface area contributed by atoms with E-state index in [9.17, 15) is 9.59 Å². The number of nitrogens with one attached hydrogen (secondary N) is 1. The lowest BCUT2D eigenvalue weighted by Crippen LogP contribution is -2.10. The van der Waals surface area contributed by atoms with E-state index in [1.54, 1.807) is 48.8 Å². The van der Waals surface area contributed by atoms with Crippen molar-refractivity contribution < 1.29 is 23.8 Å². The number of aromatic nitrogens is 1. The van der Waals surface area contributed by atoms with Crippen LogP contribution in [-0.2, 0) is 16.2 Å². The van der Waals surface area contributed by atoms with Crippen LogP contribution in [0.4, 0.5) is 5.69 Å². The number of amides is 1. The Bertz CT molecular complexity index is 1080. The van der Waals surface area contributed by atoms with E-state index in [0.717, 1.165) is 5.56 Å². The quantitative estimate of drug-likeness (QED) is 0.334. The summed E-state index contributed by atoms with van der Waals surface area (Å²) >= 11 is 0. The van der Waals surface area contributed by atoms with Crippen LogP contribution in [0.2, 0.25) is 0 Å². The summed E-state index contributed by atoms with van der Waals surface area (Å²) in [4.78, 5) is 27.7. The molecule has 3 aromatic rings. The van der Waals surface area contributed by atoms with Crippen LogP contribution in [-0.4, -0.2) is 24.0 Å². The highest BCUT2D eigenvalue weighted by Gasteiger charge is 2.08. The molecule has 1 amide bonds. The van der Waals surface area contributed by atoms with Crippen molar-refractivity contribution >= 4 is 23.6 Å². The summed E-state index contributed by atoms with van der Waals surface area (Å²) in [5.74, 6) is 0.652. The van der Waals surface area contributed by atoms with Gasteiger partial charge in [0.1, 0.15) is 12.4 Å². The zero-order chi connectivity index (χ0) is 22.1. The molecule has 1 N–H and O–H groups in total. The molecule has 0 atom stereocenters. The third-order valence-electron chi connectivity index (χ3n) is 4.19. The molecule has 158 valence electrons. The van der Waals surface area contributed by atoms with Crippen LogP contribution in [0.3, 0.4) is 0 Å². The normalized spacial score (nSPS) is 10.5. The molecule has 0 spiro atoms. The predicted molar refractivity (Wildman–Crippen MR) is 117 cm³/mol. The molecule has 0 saturated heterocycles. The summed E-state index contributed by atoms with van der Waals surface area (Å²) in [5, 5.41) is 2.86. The van der Waals surface area contributed by atoms with E-state index in [-0.39, 0.29) is 11.7 Å². The Balaban J connectivity index is 1.67. The summed E-state index contributed by atoms with van der Waals surface area (Å²) < 4.78 is 16.1. The smallest absolute Gasteiger partial charge is 0.308 e. The lowest BCUT2D eigenvalue weighted by Gasteiger charge is -2.11. The topological polar surface area (TPSA) is 86.8 Å². The molecule has 0 saturated carbocycles. The maximum atomic E-state index is 12.4. The molecule has 7 nitrogen and oxygen atoms in total. The van der Waals surface area contributed by atoms with Crippen molar-refractivity contribution in [3.63, 3.8) is 0 Å². The van der Waals surface area contributed by atoms with E-state index in [2.05, 4.69) is 10.3 Å². The summed E-state index contributed by atoms with van der Waals surface area (Å²) in [6, 6.07) is 16.0. The number of methoxy groups -OCH3 is 1. The van der Waals surface area contributed by atoms with Crippen molar-refractivity contribution in [3.8, 4) is 17.2 Å². The molecule has 31 heavy (non-hydrogen) atoms. The average Bonchev–Trinajstić information content (AvgIpc) is 2.77. The van der Waals surface area contributed by atoms with Gasteiger partial charge in [-0.25, -0.2) is 0 Å². The fraction of sp³-hybridized carbons (Fsp3) is 0.125. The van der Waals surface area contributed by atoms with E-state index in [1.165, 1.54) is 20.1 Å². The number of rotatable bonds is 8. The molecule has 0 aliphatic rings. The Morgan fingerprint density at radius 1 is 1.03 bits per heavy atom. The fourth-order valence-corrected chi connectivity index (χ4v) is 2.74. The Labute approximate surface area is 180 Å². The van der Waals surface area contributed by atoms with Gasteiger partial charge >= 0.3 is 5.97 Å². The largest absolute Gasteiger partial charge is 0.493 e.